The van der Waals surface area contributed by atoms with Crippen LogP contribution in [0.2, 0.25) is 0 Å². The first-order chi connectivity index (χ1) is 12.6. The fourth-order valence-corrected chi connectivity index (χ4v) is 4.23. The maximum absolute atomic E-state index is 13.3. The molecule has 0 spiro atoms. The molecule has 0 amide bonds. The Morgan fingerprint density at radius 2 is 2.15 bits per heavy atom. The Labute approximate surface area is 160 Å². The number of imidazole rings is 1. The minimum absolute atomic E-state index is 0.0973. The minimum atomic E-state index is -0.565. The van der Waals surface area contributed by atoms with Gasteiger partial charge < -0.3 is 4.74 Å². The molecule has 4 rings (SSSR count). The van der Waals surface area contributed by atoms with Crippen molar-refractivity contribution in [3.63, 3.8) is 0 Å². The summed E-state index contributed by atoms with van der Waals surface area (Å²) in [5, 5.41) is 9.81. The number of rotatable bonds is 3. The van der Waals surface area contributed by atoms with Gasteiger partial charge in [0.05, 0.1) is 17.0 Å². The van der Waals surface area contributed by atoms with Crippen LogP contribution in [0.25, 0.3) is 16.9 Å². The SMILES string of the molecule is N#CC1(Cn2c(=O)n(C3=CCCCC3)c3ncc(Br)cc32)CCOCC1. The number of hydrogen-bond acceptors (Lipinski definition) is 4. The topological polar surface area (TPSA) is 72.8 Å². The number of pyridine rings is 1. The van der Waals surface area contributed by atoms with Crippen molar-refractivity contribution < 1.29 is 4.74 Å². The zero-order chi connectivity index (χ0) is 18.1. The highest BCUT2D eigenvalue weighted by molar-refractivity contribution is 9.10. The Hall–Kier alpha value is -1.91. The molecule has 26 heavy (non-hydrogen) atoms. The van der Waals surface area contributed by atoms with Crippen molar-refractivity contribution in [1.82, 2.24) is 14.1 Å². The number of nitriles is 1. The van der Waals surface area contributed by atoms with Crippen LogP contribution in [0.4, 0.5) is 0 Å². The summed E-state index contributed by atoms with van der Waals surface area (Å²) in [6.07, 6.45) is 9.28. The van der Waals surface area contributed by atoms with Gasteiger partial charge in [-0.15, -0.1) is 0 Å². The van der Waals surface area contributed by atoms with Gasteiger partial charge in [-0.25, -0.2) is 14.3 Å². The molecular weight excluding hydrogens is 396 g/mol. The zero-order valence-electron chi connectivity index (χ0n) is 14.6. The van der Waals surface area contributed by atoms with Crippen LogP contribution in [-0.2, 0) is 11.3 Å². The van der Waals surface area contributed by atoms with Gasteiger partial charge in [0, 0.05) is 36.1 Å². The molecule has 0 unspecified atom stereocenters. The molecule has 2 aromatic rings. The maximum atomic E-state index is 13.3. The summed E-state index contributed by atoms with van der Waals surface area (Å²) < 4.78 is 9.73. The van der Waals surface area contributed by atoms with E-state index in [4.69, 9.17) is 4.74 Å². The Kier molecular flexibility index (Phi) is 4.72. The van der Waals surface area contributed by atoms with Crippen molar-refractivity contribution in [2.24, 2.45) is 5.41 Å². The van der Waals surface area contributed by atoms with Crippen molar-refractivity contribution >= 4 is 32.8 Å². The van der Waals surface area contributed by atoms with E-state index in [-0.39, 0.29) is 5.69 Å². The zero-order valence-corrected chi connectivity index (χ0v) is 16.2. The summed E-state index contributed by atoms with van der Waals surface area (Å²) in [5.41, 5.74) is 1.81. The van der Waals surface area contributed by atoms with E-state index in [2.05, 4.69) is 33.1 Å². The molecule has 0 atom stereocenters. The van der Waals surface area contributed by atoms with Gasteiger partial charge in [-0.2, -0.15) is 5.26 Å². The van der Waals surface area contributed by atoms with Crippen molar-refractivity contribution in [3.8, 4) is 6.07 Å². The molecule has 1 aliphatic heterocycles. The highest BCUT2D eigenvalue weighted by Crippen LogP contribution is 2.33. The smallest absolute Gasteiger partial charge is 0.334 e. The average molecular weight is 417 g/mol. The predicted octanol–water partition coefficient (Wildman–Crippen LogP) is 3.70. The summed E-state index contributed by atoms with van der Waals surface area (Å²) in [6.45, 7) is 1.50. The highest BCUT2D eigenvalue weighted by atomic mass is 79.9. The van der Waals surface area contributed by atoms with Gasteiger partial charge in [-0.3, -0.25) is 4.57 Å². The van der Waals surface area contributed by atoms with E-state index in [0.717, 1.165) is 41.4 Å². The molecule has 136 valence electrons. The number of ether oxygens (including phenoxy) is 1. The van der Waals surface area contributed by atoms with Gasteiger partial charge in [0.2, 0.25) is 0 Å². The summed E-state index contributed by atoms with van der Waals surface area (Å²) in [4.78, 5) is 17.8. The van der Waals surface area contributed by atoms with E-state index in [0.29, 0.717) is 38.2 Å². The monoisotopic (exact) mass is 416 g/mol. The third kappa shape index (κ3) is 3.01. The number of nitrogens with zero attached hydrogens (tertiary/aromatic N) is 4. The molecule has 6 nitrogen and oxygen atoms in total. The fraction of sp³-hybridized carbons (Fsp3) is 0.526. The molecular formula is C19H21BrN4O2. The molecule has 2 aliphatic rings. The Bertz CT molecular complexity index is 960. The van der Waals surface area contributed by atoms with E-state index < -0.39 is 5.41 Å². The second kappa shape index (κ2) is 7.01. The average Bonchev–Trinajstić information content (AvgIpc) is 2.94. The first kappa shape index (κ1) is 17.5. The largest absolute Gasteiger partial charge is 0.381 e. The Balaban J connectivity index is 1.88. The molecule has 1 fully saturated rings. The van der Waals surface area contributed by atoms with Gasteiger partial charge in [0.25, 0.3) is 0 Å². The maximum Gasteiger partial charge on any atom is 0.334 e. The second-order valence-electron chi connectivity index (χ2n) is 7.15. The first-order valence-electron chi connectivity index (χ1n) is 9.09. The molecule has 7 heteroatoms. The molecule has 0 N–H and O–H groups in total. The lowest BCUT2D eigenvalue weighted by molar-refractivity contribution is 0.0333. The van der Waals surface area contributed by atoms with E-state index in [9.17, 15) is 10.1 Å². The minimum Gasteiger partial charge on any atom is -0.381 e. The van der Waals surface area contributed by atoms with Gasteiger partial charge in [-0.1, -0.05) is 6.08 Å². The van der Waals surface area contributed by atoms with Crippen LogP contribution < -0.4 is 5.69 Å². The summed E-state index contributed by atoms with van der Waals surface area (Å²) >= 11 is 3.47. The lowest BCUT2D eigenvalue weighted by atomic mass is 9.81. The lowest BCUT2D eigenvalue weighted by Gasteiger charge is -2.30. The van der Waals surface area contributed by atoms with Crippen molar-refractivity contribution in [1.29, 1.82) is 5.26 Å². The van der Waals surface area contributed by atoms with Gasteiger partial charge >= 0.3 is 5.69 Å². The van der Waals surface area contributed by atoms with Crippen LogP contribution in [0.3, 0.4) is 0 Å². The van der Waals surface area contributed by atoms with Gasteiger partial charge in [0.15, 0.2) is 5.65 Å². The van der Waals surface area contributed by atoms with Crippen LogP contribution in [0, 0.1) is 16.7 Å². The van der Waals surface area contributed by atoms with Gasteiger partial charge in [-0.05, 0) is 60.5 Å². The molecule has 0 radical (unpaired) electrons. The van der Waals surface area contributed by atoms with Crippen molar-refractivity contribution in [2.75, 3.05) is 13.2 Å². The first-order valence-corrected chi connectivity index (χ1v) is 9.88. The number of hydrogen-bond donors (Lipinski definition) is 0. The van der Waals surface area contributed by atoms with E-state index in [1.807, 2.05) is 6.07 Å². The molecule has 1 aliphatic carbocycles. The summed E-state index contributed by atoms with van der Waals surface area (Å²) in [5.74, 6) is 0. The quantitative estimate of drug-likeness (QED) is 0.764. The summed E-state index contributed by atoms with van der Waals surface area (Å²) in [6, 6.07) is 4.39. The van der Waals surface area contributed by atoms with Crippen molar-refractivity contribution in [2.45, 2.75) is 45.1 Å². The molecule has 0 saturated carbocycles. The van der Waals surface area contributed by atoms with E-state index in [1.54, 1.807) is 15.3 Å². The van der Waals surface area contributed by atoms with Crippen LogP contribution in [0.15, 0.2) is 27.6 Å². The molecule has 1 saturated heterocycles. The fourth-order valence-electron chi connectivity index (χ4n) is 3.91. The predicted molar refractivity (Wildman–Crippen MR) is 103 cm³/mol. The summed E-state index contributed by atoms with van der Waals surface area (Å²) in [7, 11) is 0. The highest BCUT2D eigenvalue weighted by Gasteiger charge is 2.35. The number of halogens is 1. The van der Waals surface area contributed by atoms with Crippen LogP contribution in [-0.4, -0.2) is 27.3 Å². The molecule has 0 aromatic carbocycles. The van der Waals surface area contributed by atoms with Crippen LogP contribution >= 0.6 is 15.9 Å². The number of allylic oxidation sites excluding steroid dienone is 2. The third-order valence-corrected chi connectivity index (χ3v) is 5.87. The van der Waals surface area contributed by atoms with Crippen molar-refractivity contribution in [3.05, 3.63) is 33.3 Å². The number of aromatic nitrogens is 3. The van der Waals surface area contributed by atoms with E-state index >= 15 is 0 Å². The molecule has 2 aromatic heterocycles. The lowest BCUT2D eigenvalue weighted by Crippen LogP contribution is -2.36. The Morgan fingerprint density at radius 3 is 2.85 bits per heavy atom. The number of fused-ring (bicyclic) bond motifs is 1. The van der Waals surface area contributed by atoms with E-state index in [1.165, 1.54) is 0 Å². The molecule has 0 bridgehead atoms. The molecule has 3 heterocycles. The van der Waals surface area contributed by atoms with Crippen LogP contribution in [0.1, 0.15) is 38.5 Å². The Morgan fingerprint density at radius 1 is 1.35 bits per heavy atom. The van der Waals surface area contributed by atoms with Crippen LogP contribution in [0.5, 0.6) is 0 Å². The third-order valence-electron chi connectivity index (χ3n) is 5.44. The standard InChI is InChI=1S/C19H21BrN4O2/c20-14-10-16-17(22-11-14)24(15-4-2-1-3-5-15)18(25)23(16)13-19(12-21)6-8-26-9-7-19/h4,10-11H,1-3,5-9,13H2. The second-order valence-corrected chi connectivity index (χ2v) is 8.06. The van der Waals surface area contributed by atoms with Gasteiger partial charge in [0.1, 0.15) is 0 Å². The normalized spacial score (nSPS) is 19.9.